The van der Waals surface area contributed by atoms with Crippen LogP contribution in [-0.2, 0) is 14.3 Å². The van der Waals surface area contributed by atoms with Crippen molar-refractivity contribution in [3.63, 3.8) is 0 Å². The Hall–Kier alpha value is -1.63. The molecule has 3 aliphatic carbocycles. The lowest BCUT2D eigenvalue weighted by atomic mass is 9.39. The molecule has 1 amide bonds. The second kappa shape index (κ2) is 4.71. The van der Waals surface area contributed by atoms with Crippen LogP contribution in [0.25, 0.3) is 0 Å². The zero-order chi connectivity index (χ0) is 18.1. The van der Waals surface area contributed by atoms with Crippen LogP contribution in [0.5, 0.6) is 0 Å². The van der Waals surface area contributed by atoms with Gasteiger partial charge in [0.2, 0.25) is 0 Å². The number of aliphatic imine (C=N–C) groups is 1. The van der Waals surface area contributed by atoms with Gasteiger partial charge in [0.15, 0.2) is 6.04 Å². The van der Waals surface area contributed by atoms with Crippen molar-refractivity contribution < 1.29 is 19.1 Å². The first-order chi connectivity index (χ1) is 10.8. The summed E-state index contributed by atoms with van der Waals surface area (Å²) in [5, 5.41) is 0. The Balaban J connectivity index is 1.96. The van der Waals surface area contributed by atoms with E-state index in [-0.39, 0.29) is 11.0 Å². The second-order valence-electron chi connectivity index (χ2n) is 9.04. The zero-order valence-electron chi connectivity index (χ0n) is 15.3. The molecule has 1 atom stereocenters. The molecule has 3 saturated carbocycles. The summed E-state index contributed by atoms with van der Waals surface area (Å²) in [5.41, 5.74) is 4.41. The van der Waals surface area contributed by atoms with Crippen molar-refractivity contribution >= 4 is 17.9 Å². The van der Waals surface area contributed by atoms with Crippen molar-refractivity contribution in [1.29, 1.82) is 0 Å². The number of nitrogens with zero attached hydrogens (tertiary/aromatic N) is 2. The van der Waals surface area contributed by atoms with Gasteiger partial charge in [-0.3, -0.25) is 4.99 Å². The number of amidine groups is 1. The van der Waals surface area contributed by atoms with E-state index in [1.54, 1.807) is 20.8 Å². The van der Waals surface area contributed by atoms with Crippen molar-refractivity contribution in [2.75, 3.05) is 7.11 Å². The van der Waals surface area contributed by atoms with Gasteiger partial charge in [-0.15, -0.1) is 0 Å². The van der Waals surface area contributed by atoms with Crippen LogP contribution in [-0.4, -0.2) is 52.6 Å². The minimum absolute atomic E-state index is 0.129. The fourth-order valence-corrected chi connectivity index (χ4v) is 4.31. The molecule has 2 bridgehead atoms. The first-order valence-corrected chi connectivity index (χ1v) is 8.32. The molecule has 4 aliphatic rings. The van der Waals surface area contributed by atoms with Gasteiger partial charge in [0.1, 0.15) is 11.4 Å². The smallest absolute Gasteiger partial charge is 0.416 e. The van der Waals surface area contributed by atoms with Crippen LogP contribution in [0.15, 0.2) is 4.99 Å². The Morgan fingerprint density at radius 3 is 2.21 bits per heavy atom. The molecule has 24 heavy (non-hydrogen) atoms. The highest BCUT2D eigenvalue weighted by Crippen LogP contribution is 2.67. The third-order valence-corrected chi connectivity index (χ3v) is 5.11. The van der Waals surface area contributed by atoms with E-state index in [2.05, 4.69) is 0 Å². The van der Waals surface area contributed by atoms with Gasteiger partial charge in [-0.05, 0) is 53.9 Å². The number of rotatable bonds is 2. The maximum atomic E-state index is 12.9. The molecule has 0 aromatic carbocycles. The number of carbonyl (C=O) groups is 2. The molecule has 0 spiro atoms. The lowest BCUT2D eigenvalue weighted by Crippen LogP contribution is -2.76. The zero-order valence-corrected chi connectivity index (χ0v) is 15.3. The van der Waals surface area contributed by atoms with Gasteiger partial charge in [0, 0.05) is 11.0 Å². The van der Waals surface area contributed by atoms with Crippen LogP contribution >= 0.6 is 0 Å². The first-order valence-electron chi connectivity index (χ1n) is 8.32. The average Bonchev–Trinajstić information content (AvgIpc) is 2.62. The maximum Gasteiger partial charge on any atom is 0.416 e. The van der Waals surface area contributed by atoms with Crippen molar-refractivity contribution in [2.24, 2.45) is 16.1 Å². The highest BCUT2D eigenvalue weighted by atomic mass is 16.6. The lowest BCUT2D eigenvalue weighted by Gasteiger charge is -2.69. The van der Waals surface area contributed by atoms with Gasteiger partial charge in [0.25, 0.3) is 0 Å². The van der Waals surface area contributed by atoms with E-state index in [1.807, 2.05) is 13.8 Å². The molecular weight excluding hydrogens is 310 g/mol. The Morgan fingerprint density at radius 1 is 1.25 bits per heavy atom. The van der Waals surface area contributed by atoms with Crippen LogP contribution < -0.4 is 5.73 Å². The number of amides is 1. The van der Waals surface area contributed by atoms with Crippen LogP contribution in [0.3, 0.4) is 0 Å². The number of methoxy groups -OCH3 is 1. The molecule has 3 fully saturated rings. The van der Waals surface area contributed by atoms with E-state index in [9.17, 15) is 9.59 Å². The van der Waals surface area contributed by atoms with Gasteiger partial charge >= 0.3 is 12.1 Å². The van der Waals surface area contributed by atoms with Gasteiger partial charge in [-0.1, -0.05) is 0 Å². The monoisotopic (exact) mass is 337 g/mol. The third kappa shape index (κ3) is 2.41. The fourth-order valence-electron chi connectivity index (χ4n) is 4.31. The van der Waals surface area contributed by atoms with Gasteiger partial charge in [0.05, 0.1) is 12.6 Å². The minimum atomic E-state index is -0.824. The van der Waals surface area contributed by atoms with E-state index < -0.39 is 29.2 Å². The van der Waals surface area contributed by atoms with Gasteiger partial charge in [-0.25, -0.2) is 14.5 Å². The molecule has 1 unspecified atom stereocenters. The average molecular weight is 337 g/mol. The molecule has 0 aromatic rings. The highest BCUT2D eigenvalue weighted by Gasteiger charge is 2.72. The van der Waals surface area contributed by atoms with Crippen molar-refractivity contribution in [3.05, 3.63) is 0 Å². The standard InChI is InChI=1S/C17H27N3O4/c1-14(2,3)24-13(22)20-10(11(21)23-6)15(4,5)19-12(20)16-7-17(18,8-16)9-16/h10H,7-9,18H2,1-6H3. The largest absolute Gasteiger partial charge is 0.467 e. The number of hydrogen-bond donors (Lipinski definition) is 1. The van der Waals surface area contributed by atoms with Crippen LogP contribution in [0.1, 0.15) is 53.9 Å². The molecular formula is C17H27N3O4. The summed E-state index contributed by atoms with van der Waals surface area (Å²) in [6, 6.07) is -0.824. The molecule has 7 heteroatoms. The predicted octanol–water partition coefficient (Wildman–Crippen LogP) is 1.84. The number of ether oxygens (including phenoxy) is 2. The van der Waals surface area contributed by atoms with Gasteiger partial charge < -0.3 is 15.2 Å². The normalized spacial score (nSPS) is 36.4. The van der Waals surface area contributed by atoms with E-state index >= 15 is 0 Å². The summed E-state index contributed by atoms with van der Waals surface area (Å²) in [6.45, 7) is 9.06. The molecule has 1 heterocycles. The van der Waals surface area contributed by atoms with E-state index in [0.717, 1.165) is 19.3 Å². The maximum absolute atomic E-state index is 12.9. The number of hydrogen-bond acceptors (Lipinski definition) is 6. The summed E-state index contributed by atoms with van der Waals surface area (Å²) < 4.78 is 10.5. The molecule has 7 nitrogen and oxygen atoms in total. The molecule has 2 N–H and O–H groups in total. The van der Waals surface area contributed by atoms with Crippen molar-refractivity contribution in [3.8, 4) is 0 Å². The minimum Gasteiger partial charge on any atom is -0.467 e. The predicted molar refractivity (Wildman–Crippen MR) is 88.6 cm³/mol. The number of carbonyl (C=O) groups excluding carboxylic acids is 2. The molecule has 0 radical (unpaired) electrons. The second-order valence-corrected chi connectivity index (χ2v) is 9.04. The Labute approximate surface area is 142 Å². The number of esters is 1. The SMILES string of the molecule is COC(=O)C1N(C(=O)OC(C)(C)C)C(C23CC(N)(C2)C3)=NC1(C)C. The highest BCUT2D eigenvalue weighted by molar-refractivity contribution is 6.07. The topological polar surface area (TPSA) is 94.2 Å². The van der Waals surface area contributed by atoms with Gasteiger partial charge in [-0.2, -0.15) is 0 Å². The Bertz CT molecular complexity index is 612. The summed E-state index contributed by atoms with van der Waals surface area (Å²) in [4.78, 5) is 31.4. The molecule has 1 aliphatic heterocycles. The molecule has 134 valence electrons. The number of nitrogens with two attached hydrogens (primary N) is 1. The first kappa shape index (κ1) is 17.2. The molecule has 0 aromatic heterocycles. The fraction of sp³-hybridized carbons (Fsp3) is 0.824. The summed E-state index contributed by atoms with van der Waals surface area (Å²) in [5.74, 6) is 0.142. The van der Waals surface area contributed by atoms with E-state index in [4.69, 9.17) is 20.2 Å². The summed E-state index contributed by atoms with van der Waals surface area (Å²) in [6.07, 6.45) is 1.82. The third-order valence-electron chi connectivity index (χ3n) is 5.11. The lowest BCUT2D eigenvalue weighted by molar-refractivity contribution is -0.147. The summed E-state index contributed by atoms with van der Waals surface area (Å²) >= 11 is 0. The molecule has 4 rings (SSSR count). The van der Waals surface area contributed by atoms with E-state index in [0.29, 0.717) is 5.84 Å². The summed E-state index contributed by atoms with van der Waals surface area (Å²) in [7, 11) is 1.32. The van der Waals surface area contributed by atoms with Crippen LogP contribution in [0, 0.1) is 5.41 Å². The van der Waals surface area contributed by atoms with E-state index in [1.165, 1.54) is 12.0 Å². The van der Waals surface area contributed by atoms with Crippen molar-refractivity contribution in [2.45, 2.75) is 76.6 Å². The van der Waals surface area contributed by atoms with Crippen molar-refractivity contribution in [1.82, 2.24) is 4.90 Å². The van der Waals surface area contributed by atoms with Crippen LogP contribution in [0.2, 0.25) is 0 Å². The van der Waals surface area contributed by atoms with Crippen LogP contribution in [0.4, 0.5) is 4.79 Å². The quantitative estimate of drug-likeness (QED) is 0.776. The Kier molecular flexibility index (Phi) is 3.38. The molecule has 0 saturated heterocycles. The Morgan fingerprint density at radius 2 is 1.79 bits per heavy atom.